The van der Waals surface area contributed by atoms with Gasteiger partial charge in [0.25, 0.3) is 0 Å². The number of anilines is 1. The fourth-order valence-corrected chi connectivity index (χ4v) is 5.21. The van der Waals surface area contributed by atoms with E-state index >= 15 is 0 Å². The zero-order valence-electron chi connectivity index (χ0n) is 22.3. The van der Waals surface area contributed by atoms with Crippen LogP contribution in [0.4, 0.5) is 5.82 Å². The monoisotopic (exact) mass is 520 g/mol. The summed E-state index contributed by atoms with van der Waals surface area (Å²) in [5.74, 6) is 7.46. The first-order valence-electron chi connectivity index (χ1n) is 13.6. The van der Waals surface area contributed by atoms with E-state index in [1.807, 2.05) is 31.8 Å². The quantitative estimate of drug-likeness (QED) is 0.271. The Morgan fingerprint density at radius 1 is 0.974 bits per heavy atom. The van der Waals surface area contributed by atoms with Crippen molar-refractivity contribution in [2.24, 2.45) is 7.05 Å². The minimum absolute atomic E-state index is 0.285. The first-order chi connectivity index (χ1) is 19.2. The van der Waals surface area contributed by atoms with Gasteiger partial charge in [-0.1, -0.05) is 11.8 Å². The van der Waals surface area contributed by atoms with Crippen molar-refractivity contribution in [3.05, 3.63) is 54.7 Å². The second kappa shape index (κ2) is 11.3. The first-order valence-corrected chi connectivity index (χ1v) is 13.6. The van der Waals surface area contributed by atoms with Gasteiger partial charge in [0.2, 0.25) is 0 Å². The van der Waals surface area contributed by atoms with Crippen LogP contribution < -0.4 is 4.90 Å². The average Bonchev–Trinajstić information content (AvgIpc) is 3.57. The SMILES string of the molecule is Cn1cc(-c2cc(-c3ccc(N4CCC(OCCC#CCN5CCC5)CC4)nc3)c3c(C#N)cnn3c2)cn1. The molecule has 0 saturated carbocycles. The molecule has 0 atom stereocenters. The molecule has 2 fully saturated rings. The van der Waals surface area contributed by atoms with E-state index in [4.69, 9.17) is 9.72 Å². The molecule has 2 aliphatic heterocycles. The van der Waals surface area contributed by atoms with E-state index in [2.05, 4.69) is 56.1 Å². The van der Waals surface area contributed by atoms with Crippen molar-refractivity contribution in [1.82, 2.24) is 29.3 Å². The van der Waals surface area contributed by atoms with Gasteiger partial charge in [-0.2, -0.15) is 15.5 Å². The summed E-state index contributed by atoms with van der Waals surface area (Å²) in [4.78, 5) is 9.50. The Labute approximate surface area is 228 Å². The molecule has 0 unspecified atom stereocenters. The van der Waals surface area contributed by atoms with Gasteiger partial charge in [0.15, 0.2) is 0 Å². The molecule has 4 aromatic heterocycles. The molecule has 39 heavy (non-hydrogen) atoms. The number of nitrogens with zero attached hydrogens (tertiary/aromatic N) is 8. The molecule has 198 valence electrons. The first kappa shape index (κ1) is 25.1. The number of hydrogen-bond donors (Lipinski definition) is 0. The van der Waals surface area contributed by atoms with Crippen LogP contribution in [-0.4, -0.2) is 74.7 Å². The second-order valence-electron chi connectivity index (χ2n) is 10.2. The third kappa shape index (κ3) is 5.51. The highest BCUT2D eigenvalue weighted by Crippen LogP contribution is 2.32. The molecule has 0 aromatic carbocycles. The number of likely N-dealkylation sites (tertiary alicyclic amines) is 1. The van der Waals surface area contributed by atoms with E-state index in [1.54, 1.807) is 15.4 Å². The van der Waals surface area contributed by atoms with Gasteiger partial charge < -0.3 is 9.64 Å². The number of rotatable bonds is 7. The molecular formula is C30H32N8O. The zero-order valence-corrected chi connectivity index (χ0v) is 22.3. The van der Waals surface area contributed by atoms with Crippen molar-refractivity contribution >= 4 is 11.3 Å². The lowest BCUT2D eigenvalue weighted by molar-refractivity contribution is 0.0407. The van der Waals surface area contributed by atoms with Crippen LogP contribution in [0.2, 0.25) is 0 Å². The van der Waals surface area contributed by atoms with Crippen molar-refractivity contribution in [3.8, 4) is 40.2 Å². The summed E-state index contributed by atoms with van der Waals surface area (Å²) in [7, 11) is 1.90. The molecule has 6 rings (SSSR count). The minimum atomic E-state index is 0.285. The van der Waals surface area contributed by atoms with E-state index in [9.17, 15) is 5.26 Å². The molecule has 0 amide bonds. The Bertz CT molecular complexity index is 1540. The lowest BCUT2D eigenvalue weighted by Crippen LogP contribution is -2.37. The molecule has 2 saturated heterocycles. The number of piperidine rings is 1. The van der Waals surface area contributed by atoms with Crippen molar-refractivity contribution in [2.45, 2.75) is 31.8 Å². The molecule has 6 heterocycles. The normalized spacial score (nSPS) is 16.1. The number of aromatic nitrogens is 5. The fraction of sp³-hybridized carbons (Fsp3) is 0.400. The fourth-order valence-electron chi connectivity index (χ4n) is 5.21. The summed E-state index contributed by atoms with van der Waals surface area (Å²) in [6.07, 6.45) is 13.6. The number of pyridine rings is 2. The van der Waals surface area contributed by atoms with Crippen LogP contribution in [0.15, 0.2) is 49.2 Å². The van der Waals surface area contributed by atoms with Crippen molar-refractivity contribution in [3.63, 3.8) is 0 Å². The highest BCUT2D eigenvalue weighted by molar-refractivity contribution is 5.87. The predicted molar refractivity (Wildman–Crippen MR) is 150 cm³/mol. The molecule has 9 heteroatoms. The minimum Gasteiger partial charge on any atom is -0.377 e. The van der Waals surface area contributed by atoms with Crippen LogP contribution in [0, 0.1) is 23.2 Å². The Hall–Kier alpha value is -4.18. The Balaban J connectivity index is 1.11. The molecule has 0 aliphatic carbocycles. The molecule has 0 N–H and O–H groups in total. The van der Waals surface area contributed by atoms with Crippen molar-refractivity contribution < 1.29 is 4.74 Å². The number of fused-ring (bicyclic) bond motifs is 1. The summed E-state index contributed by atoms with van der Waals surface area (Å²) in [5.41, 5.74) is 5.15. The topological polar surface area (TPSA) is 87.5 Å². The van der Waals surface area contributed by atoms with E-state index in [-0.39, 0.29) is 6.10 Å². The van der Waals surface area contributed by atoms with E-state index in [1.165, 1.54) is 19.5 Å². The van der Waals surface area contributed by atoms with Crippen LogP contribution in [0.25, 0.3) is 27.8 Å². The summed E-state index contributed by atoms with van der Waals surface area (Å²) in [5, 5.41) is 18.4. The van der Waals surface area contributed by atoms with Crippen molar-refractivity contribution in [2.75, 3.05) is 44.2 Å². The second-order valence-corrected chi connectivity index (χ2v) is 10.2. The van der Waals surface area contributed by atoms with E-state index in [0.29, 0.717) is 12.2 Å². The molecule has 0 spiro atoms. The molecule has 2 aliphatic rings. The van der Waals surface area contributed by atoms with Gasteiger partial charge in [-0.15, -0.1) is 0 Å². The van der Waals surface area contributed by atoms with E-state index < -0.39 is 0 Å². The predicted octanol–water partition coefficient (Wildman–Crippen LogP) is 3.75. The summed E-state index contributed by atoms with van der Waals surface area (Å²) >= 11 is 0. The molecular weight excluding hydrogens is 488 g/mol. The van der Waals surface area contributed by atoms with Crippen molar-refractivity contribution in [1.29, 1.82) is 5.26 Å². The average molecular weight is 521 g/mol. The van der Waals surface area contributed by atoms with Crippen LogP contribution >= 0.6 is 0 Å². The zero-order chi connectivity index (χ0) is 26.6. The smallest absolute Gasteiger partial charge is 0.128 e. The number of aryl methyl sites for hydroxylation is 1. The molecule has 0 bridgehead atoms. The Morgan fingerprint density at radius 3 is 2.54 bits per heavy atom. The maximum Gasteiger partial charge on any atom is 0.128 e. The van der Waals surface area contributed by atoms with Crippen LogP contribution in [0.1, 0.15) is 31.2 Å². The van der Waals surface area contributed by atoms with Gasteiger partial charge in [-0.05, 0) is 37.5 Å². The van der Waals surface area contributed by atoms with Gasteiger partial charge in [-0.25, -0.2) is 9.50 Å². The lowest BCUT2D eigenvalue weighted by Gasteiger charge is -2.32. The summed E-state index contributed by atoms with van der Waals surface area (Å²) < 4.78 is 9.64. The standard InChI is InChI=1S/C30H32N8O/c1-35-21-26(20-33-35)24-16-28(30-25(17-31)19-34-38(30)22-24)23-6-7-29(32-18-23)37-13-8-27(9-14-37)39-15-4-2-3-10-36-11-5-12-36/h6-7,16,18-22,27H,4-5,8-15H2,1H3. The maximum absolute atomic E-state index is 9.69. The number of nitriles is 1. The largest absolute Gasteiger partial charge is 0.377 e. The summed E-state index contributed by atoms with van der Waals surface area (Å²) in [6.45, 7) is 5.82. The Morgan fingerprint density at radius 2 is 1.85 bits per heavy atom. The third-order valence-electron chi connectivity index (χ3n) is 7.55. The van der Waals surface area contributed by atoms with Crippen LogP contribution in [-0.2, 0) is 11.8 Å². The van der Waals surface area contributed by atoms with Gasteiger partial charge in [0.05, 0.1) is 42.7 Å². The van der Waals surface area contributed by atoms with Gasteiger partial charge in [0.1, 0.15) is 11.9 Å². The molecule has 0 radical (unpaired) electrons. The number of hydrogen-bond acceptors (Lipinski definition) is 7. The lowest BCUT2D eigenvalue weighted by atomic mass is 10.0. The van der Waals surface area contributed by atoms with Crippen LogP contribution in [0.3, 0.4) is 0 Å². The van der Waals surface area contributed by atoms with E-state index in [0.717, 1.165) is 72.5 Å². The highest BCUT2D eigenvalue weighted by Gasteiger charge is 2.21. The van der Waals surface area contributed by atoms with Gasteiger partial charge in [-0.3, -0.25) is 9.58 Å². The van der Waals surface area contributed by atoms with Crippen LogP contribution in [0.5, 0.6) is 0 Å². The third-order valence-corrected chi connectivity index (χ3v) is 7.55. The Kier molecular flexibility index (Phi) is 7.27. The number of ether oxygens (including phenoxy) is 1. The maximum atomic E-state index is 9.69. The van der Waals surface area contributed by atoms with Gasteiger partial charge in [0, 0.05) is 80.5 Å². The highest BCUT2D eigenvalue weighted by atomic mass is 16.5. The molecule has 9 nitrogen and oxygen atoms in total. The van der Waals surface area contributed by atoms with Gasteiger partial charge >= 0.3 is 0 Å². The molecule has 4 aromatic rings. The summed E-state index contributed by atoms with van der Waals surface area (Å²) in [6, 6.07) is 8.51.